The van der Waals surface area contributed by atoms with Crippen molar-refractivity contribution in [2.45, 2.75) is 32.6 Å². The predicted octanol–water partition coefficient (Wildman–Crippen LogP) is 4.33. The minimum absolute atomic E-state index is 0.111. The zero-order valence-corrected chi connectivity index (χ0v) is 20.4. The van der Waals surface area contributed by atoms with Gasteiger partial charge in [0.1, 0.15) is 5.75 Å². The number of amides is 1. The fraction of sp³-hybridized carbons (Fsp3) is 0.522. The Hall–Kier alpha value is -2.26. The van der Waals surface area contributed by atoms with Gasteiger partial charge in [-0.3, -0.25) is 4.79 Å². The molecule has 9 heteroatoms. The van der Waals surface area contributed by atoms with Gasteiger partial charge in [-0.25, -0.2) is 9.50 Å². The Kier molecular flexibility index (Phi) is 7.91. The van der Waals surface area contributed by atoms with Crippen molar-refractivity contribution in [3.8, 4) is 17.0 Å². The Morgan fingerprint density at radius 3 is 2.72 bits per heavy atom. The van der Waals surface area contributed by atoms with E-state index in [-0.39, 0.29) is 11.8 Å². The first kappa shape index (κ1) is 22.9. The molecule has 1 aliphatic heterocycles. The highest BCUT2D eigenvalue weighted by Crippen LogP contribution is 2.30. The number of imidazole rings is 1. The fourth-order valence-electron chi connectivity index (χ4n) is 3.83. The second kappa shape index (κ2) is 11.0. The first-order chi connectivity index (χ1) is 15.7. The molecule has 32 heavy (non-hydrogen) atoms. The van der Waals surface area contributed by atoms with E-state index in [1.54, 1.807) is 18.4 Å². The summed E-state index contributed by atoms with van der Waals surface area (Å²) in [6.07, 6.45) is 5.97. The van der Waals surface area contributed by atoms with Gasteiger partial charge in [0.2, 0.25) is 16.0 Å². The number of hydrogen-bond acceptors (Lipinski definition) is 7. The average Bonchev–Trinajstić information content (AvgIpc) is 3.41. The SMILES string of the molecule is CCCSCCCNC(=O)C1CCN(c2nn3cc(-c4ccc(OC)cc4)nc3s2)CC1. The summed E-state index contributed by atoms with van der Waals surface area (Å²) in [6, 6.07) is 7.89. The lowest BCUT2D eigenvalue weighted by Crippen LogP contribution is -2.40. The summed E-state index contributed by atoms with van der Waals surface area (Å²) >= 11 is 3.56. The number of carbonyl (C=O) groups excluding carboxylic acids is 1. The summed E-state index contributed by atoms with van der Waals surface area (Å²) < 4.78 is 7.08. The van der Waals surface area contributed by atoms with Crippen molar-refractivity contribution in [2.24, 2.45) is 5.92 Å². The number of thioether (sulfide) groups is 1. The molecule has 0 radical (unpaired) electrons. The molecule has 0 spiro atoms. The number of nitrogens with zero attached hydrogens (tertiary/aromatic N) is 4. The molecule has 1 N–H and O–H groups in total. The van der Waals surface area contributed by atoms with Crippen LogP contribution in [0.3, 0.4) is 0 Å². The van der Waals surface area contributed by atoms with E-state index in [4.69, 9.17) is 14.8 Å². The molecule has 0 atom stereocenters. The van der Waals surface area contributed by atoms with Gasteiger partial charge in [0, 0.05) is 31.1 Å². The van der Waals surface area contributed by atoms with Crippen LogP contribution in [0.25, 0.3) is 16.2 Å². The molecule has 0 bridgehead atoms. The van der Waals surface area contributed by atoms with E-state index in [0.29, 0.717) is 0 Å². The Balaban J connectivity index is 1.27. The molecule has 4 rings (SSSR count). The maximum Gasteiger partial charge on any atom is 0.223 e. The number of piperidine rings is 1. The largest absolute Gasteiger partial charge is 0.497 e. The smallest absolute Gasteiger partial charge is 0.223 e. The number of carbonyl (C=O) groups is 1. The van der Waals surface area contributed by atoms with Crippen LogP contribution in [0, 0.1) is 5.92 Å². The Bertz CT molecular complexity index is 978. The normalized spacial score (nSPS) is 14.8. The lowest BCUT2D eigenvalue weighted by Gasteiger charge is -2.30. The van der Waals surface area contributed by atoms with Crippen molar-refractivity contribution in [1.82, 2.24) is 19.9 Å². The van der Waals surface area contributed by atoms with Crippen LogP contribution in [0.1, 0.15) is 32.6 Å². The number of methoxy groups -OCH3 is 1. The van der Waals surface area contributed by atoms with Gasteiger partial charge < -0.3 is 15.0 Å². The number of aromatic nitrogens is 3. The lowest BCUT2D eigenvalue weighted by molar-refractivity contribution is -0.125. The average molecular weight is 474 g/mol. The molecule has 0 aliphatic carbocycles. The molecule has 0 saturated carbocycles. The van der Waals surface area contributed by atoms with Gasteiger partial charge in [-0.2, -0.15) is 11.8 Å². The molecule has 1 aliphatic rings. The van der Waals surface area contributed by atoms with Crippen molar-refractivity contribution >= 4 is 39.1 Å². The van der Waals surface area contributed by atoms with E-state index in [1.165, 1.54) is 12.2 Å². The molecule has 2 aromatic heterocycles. The van der Waals surface area contributed by atoms with Crippen LogP contribution in [-0.4, -0.2) is 58.8 Å². The van der Waals surface area contributed by atoms with E-state index < -0.39 is 0 Å². The molecular weight excluding hydrogens is 442 g/mol. The van der Waals surface area contributed by atoms with Gasteiger partial charge >= 0.3 is 0 Å². The highest BCUT2D eigenvalue weighted by Gasteiger charge is 2.26. The van der Waals surface area contributed by atoms with E-state index in [1.807, 2.05) is 46.7 Å². The molecule has 1 saturated heterocycles. The summed E-state index contributed by atoms with van der Waals surface area (Å²) in [5.41, 5.74) is 1.95. The van der Waals surface area contributed by atoms with Crippen LogP contribution in [0.5, 0.6) is 5.75 Å². The first-order valence-electron chi connectivity index (χ1n) is 11.3. The van der Waals surface area contributed by atoms with Crippen molar-refractivity contribution in [3.63, 3.8) is 0 Å². The summed E-state index contributed by atoms with van der Waals surface area (Å²) in [7, 11) is 1.66. The van der Waals surface area contributed by atoms with E-state index in [9.17, 15) is 4.79 Å². The minimum atomic E-state index is 0.111. The predicted molar refractivity (Wildman–Crippen MR) is 133 cm³/mol. The van der Waals surface area contributed by atoms with Crippen LogP contribution in [-0.2, 0) is 4.79 Å². The van der Waals surface area contributed by atoms with E-state index >= 15 is 0 Å². The van der Waals surface area contributed by atoms with Crippen LogP contribution in [0.4, 0.5) is 5.13 Å². The van der Waals surface area contributed by atoms with Gasteiger partial charge in [0.15, 0.2) is 0 Å². The molecule has 0 unspecified atom stereocenters. The second-order valence-corrected chi connectivity index (χ2v) is 10.1. The monoisotopic (exact) mass is 473 g/mol. The maximum atomic E-state index is 12.5. The minimum Gasteiger partial charge on any atom is -0.497 e. The number of ether oxygens (including phenoxy) is 1. The summed E-state index contributed by atoms with van der Waals surface area (Å²) in [5.74, 6) is 3.48. The number of fused-ring (bicyclic) bond motifs is 1. The molecule has 172 valence electrons. The van der Waals surface area contributed by atoms with Gasteiger partial charge in [-0.1, -0.05) is 18.3 Å². The van der Waals surface area contributed by atoms with Crippen molar-refractivity contribution < 1.29 is 9.53 Å². The van der Waals surface area contributed by atoms with Crippen molar-refractivity contribution in [2.75, 3.05) is 43.1 Å². The second-order valence-electron chi connectivity index (χ2n) is 7.98. The highest BCUT2D eigenvalue weighted by atomic mass is 32.2. The van der Waals surface area contributed by atoms with Crippen LogP contribution in [0.15, 0.2) is 30.5 Å². The van der Waals surface area contributed by atoms with E-state index in [0.717, 1.165) is 71.7 Å². The summed E-state index contributed by atoms with van der Waals surface area (Å²) in [6.45, 7) is 4.69. The lowest BCUT2D eigenvalue weighted by atomic mass is 9.96. The third-order valence-electron chi connectivity index (χ3n) is 5.67. The van der Waals surface area contributed by atoms with Crippen LogP contribution < -0.4 is 15.0 Å². The molecule has 7 nitrogen and oxygen atoms in total. The topological polar surface area (TPSA) is 71.8 Å². The molecule has 1 aromatic carbocycles. The molecule has 3 aromatic rings. The molecule has 1 amide bonds. The maximum absolute atomic E-state index is 12.5. The Morgan fingerprint density at radius 1 is 1.25 bits per heavy atom. The van der Waals surface area contributed by atoms with Gasteiger partial charge in [0.05, 0.1) is 19.0 Å². The molecular formula is C23H31N5O2S2. The van der Waals surface area contributed by atoms with Crippen molar-refractivity contribution in [3.05, 3.63) is 30.5 Å². The summed E-state index contributed by atoms with van der Waals surface area (Å²) in [4.78, 5) is 20.4. The quantitative estimate of drug-likeness (QED) is 0.442. The summed E-state index contributed by atoms with van der Waals surface area (Å²) in [5, 5.41) is 8.84. The number of nitrogens with one attached hydrogen (secondary N) is 1. The zero-order chi connectivity index (χ0) is 22.3. The Labute approximate surface area is 197 Å². The number of hydrogen-bond donors (Lipinski definition) is 1. The fourth-order valence-corrected chi connectivity index (χ4v) is 5.60. The Morgan fingerprint density at radius 2 is 2.03 bits per heavy atom. The number of benzene rings is 1. The zero-order valence-electron chi connectivity index (χ0n) is 18.7. The van der Waals surface area contributed by atoms with Gasteiger partial charge in [0.25, 0.3) is 0 Å². The van der Waals surface area contributed by atoms with Crippen LogP contribution in [0.2, 0.25) is 0 Å². The highest BCUT2D eigenvalue weighted by molar-refractivity contribution is 7.99. The number of anilines is 1. The van der Waals surface area contributed by atoms with E-state index in [2.05, 4.69) is 17.1 Å². The van der Waals surface area contributed by atoms with Gasteiger partial charge in [-0.05, 0) is 61.5 Å². The number of rotatable bonds is 10. The third kappa shape index (κ3) is 5.56. The standard InChI is InChI=1S/C23H31N5O2S2/c1-3-14-31-15-4-11-24-21(29)18-9-12-27(13-10-18)23-26-28-16-20(25-22(28)32-23)17-5-7-19(30-2)8-6-17/h5-8,16,18H,3-4,9-15H2,1-2H3,(H,24,29). The molecule has 1 fully saturated rings. The first-order valence-corrected chi connectivity index (χ1v) is 13.3. The van der Waals surface area contributed by atoms with Gasteiger partial charge in [-0.15, -0.1) is 5.10 Å². The third-order valence-corrected chi connectivity index (χ3v) is 7.93. The van der Waals surface area contributed by atoms with Crippen molar-refractivity contribution in [1.29, 1.82) is 0 Å². The molecule has 3 heterocycles. The van der Waals surface area contributed by atoms with Crippen LogP contribution >= 0.6 is 23.1 Å².